The van der Waals surface area contributed by atoms with E-state index in [0.717, 1.165) is 17.7 Å². The van der Waals surface area contributed by atoms with Gasteiger partial charge in [-0.1, -0.05) is 22.8 Å². The van der Waals surface area contributed by atoms with Gasteiger partial charge >= 0.3 is 0 Å². The molecule has 0 bridgehead atoms. The number of nitrogens with zero attached hydrogens (tertiary/aromatic N) is 3. The topological polar surface area (TPSA) is 93.8 Å². The van der Waals surface area contributed by atoms with Crippen molar-refractivity contribution >= 4 is 17.6 Å². The van der Waals surface area contributed by atoms with E-state index in [2.05, 4.69) is 25.8 Å². The fourth-order valence-electron chi connectivity index (χ4n) is 2.69. The van der Waals surface area contributed by atoms with E-state index in [-0.39, 0.29) is 0 Å². The Hall–Kier alpha value is -3.26. The zero-order valence-corrected chi connectivity index (χ0v) is 17.9. The maximum atomic E-state index is 5.92. The predicted octanol–water partition coefficient (Wildman–Crippen LogP) is 3.66. The predicted molar refractivity (Wildman–Crippen MR) is 116 cm³/mol. The van der Waals surface area contributed by atoms with Gasteiger partial charge in [0.2, 0.25) is 11.7 Å². The molecule has 0 radical (unpaired) electrons. The molecule has 1 heterocycles. The summed E-state index contributed by atoms with van der Waals surface area (Å²) in [6.45, 7) is 3.53. The molecule has 0 spiro atoms. The van der Waals surface area contributed by atoms with Gasteiger partial charge in [0.25, 0.3) is 0 Å². The summed E-state index contributed by atoms with van der Waals surface area (Å²) in [5.41, 5.74) is 1.83. The number of ether oxygens (including phenoxy) is 2. The highest BCUT2D eigenvalue weighted by Crippen LogP contribution is 2.27. The van der Waals surface area contributed by atoms with Gasteiger partial charge in [-0.25, -0.2) is 4.99 Å². The van der Waals surface area contributed by atoms with Crippen molar-refractivity contribution in [1.82, 2.24) is 20.8 Å². The highest BCUT2D eigenvalue weighted by molar-refractivity contribution is 6.30. The van der Waals surface area contributed by atoms with Gasteiger partial charge in [-0.2, -0.15) is 4.98 Å². The van der Waals surface area contributed by atoms with Crippen LogP contribution in [0.3, 0.4) is 0 Å². The van der Waals surface area contributed by atoms with Crippen LogP contribution >= 0.6 is 11.6 Å². The third-order valence-corrected chi connectivity index (χ3v) is 4.44. The lowest BCUT2D eigenvalue weighted by molar-refractivity contribution is 0.354. The van der Waals surface area contributed by atoms with Crippen LogP contribution in [0.4, 0.5) is 0 Å². The first-order chi connectivity index (χ1) is 14.6. The van der Waals surface area contributed by atoms with Crippen LogP contribution in [0.25, 0.3) is 11.4 Å². The molecule has 9 heteroatoms. The molecule has 158 valence electrons. The average molecular weight is 430 g/mol. The molecule has 3 rings (SSSR count). The number of nitrogens with one attached hydrogen (secondary N) is 2. The number of hydrogen-bond donors (Lipinski definition) is 2. The fraction of sp³-hybridized carbons (Fsp3) is 0.286. The second kappa shape index (κ2) is 10.5. The summed E-state index contributed by atoms with van der Waals surface area (Å²) in [6, 6.07) is 13.0. The first-order valence-electron chi connectivity index (χ1n) is 9.44. The van der Waals surface area contributed by atoms with Gasteiger partial charge in [0.05, 0.1) is 27.3 Å². The maximum absolute atomic E-state index is 5.92. The minimum absolute atomic E-state index is 0.346. The summed E-state index contributed by atoms with van der Waals surface area (Å²) >= 11 is 5.92. The monoisotopic (exact) mass is 429 g/mol. The molecule has 0 aliphatic rings. The van der Waals surface area contributed by atoms with Gasteiger partial charge in [0, 0.05) is 17.1 Å². The van der Waals surface area contributed by atoms with Gasteiger partial charge in [0.1, 0.15) is 0 Å². The van der Waals surface area contributed by atoms with Crippen LogP contribution in [0, 0.1) is 0 Å². The number of aromatic nitrogens is 2. The third kappa shape index (κ3) is 5.64. The smallest absolute Gasteiger partial charge is 0.246 e. The summed E-state index contributed by atoms with van der Waals surface area (Å²) in [5, 5.41) is 11.1. The summed E-state index contributed by atoms with van der Waals surface area (Å²) in [7, 11) is 3.22. The van der Waals surface area contributed by atoms with Crippen LogP contribution in [0.15, 0.2) is 52.0 Å². The van der Waals surface area contributed by atoms with E-state index in [1.807, 2.05) is 37.3 Å². The van der Waals surface area contributed by atoms with Crippen molar-refractivity contribution in [3.63, 3.8) is 0 Å². The van der Waals surface area contributed by atoms with Crippen molar-refractivity contribution in [2.45, 2.75) is 20.0 Å². The van der Waals surface area contributed by atoms with Gasteiger partial charge in [-0.15, -0.1) is 0 Å². The first kappa shape index (κ1) is 21.4. The summed E-state index contributed by atoms with van der Waals surface area (Å²) in [4.78, 5) is 9.00. The van der Waals surface area contributed by atoms with Crippen LogP contribution in [-0.4, -0.2) is 36.9 Å². The minimum Gasteiger partial charge on any atom is -0.493 e. The van der Waals surface area contributed by atoms with E-state index in [1.165, 1.54) is 0 Å². The van der Waals surface area contributed by atoms with Crippen LogP contribution in [0.1, 0.15) is 18.4 Å². The van der Waals surface area contributed by atoms with Crippen molar-refractivity contribution in [2.75, 3.05) is 20.8 Å². The number of benzene rings is 2. The number of halogens is 1. The van der Waals surface area contributed by atoms with E-state index in [0.29, 0.717) is 47.3 Å². The SMILES string of the molecule is CCNC(=NCc1ccc(OC)c(OC)c1)NCc1nc(-c2ccc(Cl)cc2)no1. The van der Waals surface area contributed by atoms with E-state index >= 15 is 0 Å². The molecule has 0 saturated heterocycles. The molecule has 0 atom stereocenters. The Labute approximate surface area is 180 Å². The molecule has 2 aromatic carbocycles. The molecule has 0 amide bonds. The number of methoxy groups -OCH3 is 2. The van der Waals surface area contributed by atoms with Crippen molar-refractivity contribution in [1.29, 1.82) is 0 Å². The van der Waals surface area contributed by atoms with Crippen molar-refractivity contribution in [3.8, 4) is 22.9 Å². The Morgan fingerprint density at radius 2 is 1.83 bits per heavy atom. The zero-order chi connectivity index (χ0) is 21.3. The molecule has 0 unspecified atom stereocenters. The maximum Gasteiger partial charge on any atom is 0.246 e. The number of rotatable bonds is 8. The Kier molecular flexibility index (Phi) is 7.51. The van der Waals surface area contributed by atoms with Crippen molar-refractivity contribution < 1.29 is 14.0 Å². The Morgan fingerprint density at radius 3 is 2.53 bits per heavy atom. The Morgan fingerprint density at radius 1 is 1.07 bits per heavy atom. The molecular formula is C21H24ClN5O3. The molecule has 0 aliphatic carbocycles. The summed E-state index contributed by atoms with van der Waals surface area (Å²) < 4.78 is 15.9. The molecule has 8 nitrogen and oxygen atoms in total. The molecule has 1 aromatic heterocycles. The van der Waals surface area contributed by atoms with Crippen LogP contribution in [0.5, 0.6) is 11.5 Å². The first-order valence-corrected chi connectivity index (χ1v) is 9.82. The van der Waals surface area contributed by atoms with Gasteiger partial charge in [0.15, 0.2) is 17.5 Å². The van der Waals surface area contributed by atoms with Gasteiger partial charge < -0.3 is 24.6 Å². The fourth-order valence-corrected chi connectivity index (χ4v) is 2.82. The standard InChI is InChI=1S/C21H24ClN5O3/c1-4-23-21(24-12-14-5-10-17(28-2)18(11-14)29-3)25-13-19-26-20(27-30-19)15-6-8-16(22)9-7-15/h5-11H,4,12-13H2,1-3H3,(H2,23,24,25). The number of aliphatic imine (C=N–C) groups is 1. The van der Waals surface area contributed by atoms with E-state index in [9.17, 15) is 0 Å². The molecular weight excluding hydrogens is 406 g/mol. The highest BCUT2D eigenvalue weighted by Gasteiger charge is 2.10. The lowest BCUT2D eigenvalue weighted by atomic mass is 10.2. The largest absolute Gasteiger partial charge is 0.493 e. The second-order valence-electron chi connectivity index (χ2n) is 6.26. The number of guanidine groups is 1. The molecule has 2 N–H and O–H groups in total. The molecule has 0 fully saturated rings. The molecule has 0 saturated carbocycles. The van der Waals surface area contributed by atoms with E-state index < -0.39 is 0 Å². The van der Waals surface area contributed by atoms with Crippen molar-refractivity contribution in [2.24, 2.45) is 4.99 Å². The van der Waals surface area contributed by atoms with Crippen LogP contribution in [-0.2, 0) is 13.1 Å². The van der Waals surface area contributed by atoms with Crippen LogP contribution in [0.2, 0.25) is 5.02 Å². The summed E-state index contributed by atoms with van der Waals surface area (Å²) in [6.07, 6.45) is 0. The molecule has 30 heavy (non-hydrogen) atoms. The molecule has 0 aliphatic heterocycles. The quantitative estimate of drug-likeness (QED) is 0.416. The lowest BCUT2D eigenvalue weighted by Gasteiger charge is -2.11. The highest BCUT2D eigenvalue weighted by atomic mass is 35.5. The van der Waals surface area contributed by atoms with Gasteiger partial charge in [-0.05, 0) is 48.9 Å². The normalized spacial score (nSPS) is 11.3. The minimum atomic E-state index is 0.346. The molecule has 3 aromatic rings. The third-order valence-electron chi connectivity index (χ3n) is 4.19. The zero-order valence-electron chi connectivity index (χ0n) is 17.1. The Bertz CT molecular complexity index is 989. The van der Waals surface area contributed by atoms with E-state index in [1.54, 1.807) is 26.4 Å². The van der Waals surface area contributed by atoms with E-state index in [4.69, 9.17) is 25.6 Å². The van der Waals surface area contributed by atoms with Crippen molar-refractivity contribution in [3.05, 3.63) is 58.9 Å². The average Bonchev–Trinajstić information content (AvgIpc) is 3.25. The van der Waals surface area contributed by atoms with Crippen LogP contribution < -0.4 is 20.1 Å². The van der Waals surface area contributed by atoms with Gasteiger partial charge in [-0.3, -0.25) is 0 Å². The summed E-state index contributed by atoms with van der Waals surface area (Å²) in [5.74, 6) is 2.96. The number of hydrogen-bond acceptors (Lipinski definition) is 6. The lowest BCUT2D eigenvalue weighted by Crippen LogP contribution is -2.36. The second-order valence-corrected chi connectivity index (χ2v) is 6.69. The Balaban J connectivity index is 1.64.